The van der Waals surface area contributed by atoms with E-state index in [-0.39, 0.29) is 11.3 Å². The van der Waals surface area contributed by atoms with Crippen molar-refractivity contribution in [2.45, 2.75) is 34.1 Å². The zero-order valence-electron chi connectivity index (χ0n) is 8.90. The number of nitrogens with one attached hydrogen (secondary N) is 1. The maximum absolute atomic E-state index is 11.7. The van der Waals surface area contributed by atoms with Crippen molar-refractivity contribution in [1.29, 1.82) is 0 Å². The van der Waals surface area contributed by atoms with Crippen LogP contribution in [0.25, 0.3) is 0 Å². The standard InChI is InChI=1S/C10H21NO/c1-6-8(7-11-5)9(12)10(2,3)4/h8,11H,6-7H2,1-5H3. The normalized spacial score (nSPS) is 14.4. The highest BCUT2D eigenvalue weighted by Gasteiger charge is 2.27. The topological polar surface area (TPSA) is 29.1 Å². The Labute approximate surface area is 75.7 Å². The first kappa shape index (κ1) is 11.6. The van der Waals surface area contributed by atoms with Gasteiger partial charge < -0.3 is 5.32 Å². The number of ketones is 1. The molecule has 0 rings (SSSR count). The third-order valence-corrected chi connectivity index (χ3v) is 2.05. The third-order valence-electron chi connectivity index (χ3n) is 2.05. The summed E-state index contributed by atoms with van der Waals surface area (Å²) in [5, 5.41) is 3.05. The molecule has 0 heterocycles. The molecule has 0 saturated heterocycles. The van der Waals surface area contributed by atoms with Gasteiger partial charge in [0.05, 0.1) is 0 Å². The molecule has 72 valence electrons. The van der Waals surface area contributed by atoms with Crippen LogP contribution in [0.1, 0.15) is 34.1 Å². The second-order valence-electron chi connectivity index (χ2n) is 4.28. The Bertz CT molecular complexity index is 146. The van der Waals surface area contributed by atoms with Gasteiger partial charge in [-0.05, 0) is 13.5 Å². The molecule has 0 spiro atoms. The first-order valence-electron chi connectivity index (χ1n) is 4.62. The lowest BCUT2D eigenvalue weighted by molar-refractivity contribution is -0.130. The second-order valence-corrected chi connectivity index (χ2v) is 4.28. The monoisotopic (exact) mass is 171 g/mol. The van der Waals surface area contributed by atoms with Crippen LogP contribution in [0.15, 0.2) is 0 Å². The lowest BCUT2D eigenvalue weighted by Gasteiger charge is -2.23. The first-order valence-corrected chi connectivity index (χ1v) is 4.62. The fraction of sp³-hybridized carbons (Fsp3) is 0.900. The molecular formula is C10H21NO. The van der Waals surface area contributed by atoms with Crippen molar-refractivity contribution >= 4 is 5.78 Å². The van der Waals surface area contributed by atoms with E-state index in [1.807, 2.05) is 27.8 Å². The van der Waals surface area contributed by atoms with Gasteiger partial charge in [0.1, 0.15) is 5.78 Å². The molecule has 0 fully saturated rings. The van der Waals surface area contributed by atoms with Gasteiger partial charge in [0, 0.05) is 17.9 Å². The molecule has 1 atom stereocenters. The van der Waals surface area contributed by atoms with Gasteiger partial charge >= 0.3 is 0 Å². The molecule has 0 aromatic carbocycles. The third kappa shape index (κ3) is 3.35. The van der Waals surface area contributed by atoms with E-state index in [1.165, 1.54) is 0 Å². The van der Waals surface area contributed by atoms with Crippen molar-refractivity contribution < 1.29 is 4.79 Å². The quantitative estimate of drug-likeness (QED) is 0.699. The minimum atomic E-state index is -0.197. The Kier molecular flexibility index (Phi) is 4.46. The summed E-state index contributed by atoms with van der Waals surface area (Å²) in [5.74, 6) is 0.536. The summed E-state index contributed by atoms with van der Waals surface area (Å²) in [5.41, 5.74) is -0.197. The highest BCUT2D eigenvalue weighted by Crippen LogP contribution is 2.21. The molecule has 1 N–H and O–H groups in total. The zero-order chi connectivity index (χ0) is 9.78. The average Bonchev–Trinajstić information content (AvgIpc) is 1.97. The van der Waals surface area contributed by atoms with Crippen LogP contribution >= 0.6 is 0 Å². The number of carbonyl (C=O) groups is 1. The molecule has 2 nitrogen and oxygen atoms in total. The molecule has 12 heavy (non-hydrogen) atoms. The van der Waals surface area contributed by atoms with Crippen LogP contribution in [0.2, 0.25) is 0 Å². The van der Waals surface area contributed by atoms with Crippen molar-refractivity contribution in [3.05, 3.63) is 0 Å². The Morgan fingerprint density at radius 1 is 1.42 bits per heavy atom. The number of hydrogen-bond donors (Lipinski definition) is 1. The maximum atomic E-state index is 11.7. The van der Waals surface area contributed by atoms with Crippen LogP contribution in [-0.2, 0) is 4.79 Å². The first-order chi connectivity index (χ1) is 5.43. The second kappa shape index (κ2) is 4.61. The highest BCUT2D eigenvalue weighted by molar-refractivity contribution is 5.86. The molecule has 0 amide bonds. The molecule has 0 saturated carbocycles. The van der Waals surface area contributed by atoms with Gasteiger partial charge in [0.25, 0.3) is 0 Å². The Balaban J connectivity index is 4.22. The Morgan fingerprint density at radius 2 is 1.92 bits per heavy atom. The van der Waals surface area contributed by atoms with Gasteiger partial charge in [-0.25, -0.2) is 0 Å². The summed E-state index contributed by atoms with van der Waals surface area (Å²) in [7, 11) is 1.89. The summed E-state index contributed by atoms with van der Waals surface area (Å²) in [6, 6.07) is 0. The smallest absolute Gasteiger partial charge is 0.142 e. The molecule has 0 aliphatic rings. The van der Waals surface area contributed by atoms with Crippen LogP contribution in [0.5, 0.6) is 0 Å². The summed E-state index contributed by atoms with van der Waals surface area (Å²) in [6.45, 7) is 8.80. The molecule has 0 aromatic heterocycles. The molecule has 0 aliphatic carbocycles. The fourth-order valence-electron chi connectivity index (χ4n) is 1.28. The number of carbonyl (C=O) groups excluding carboxylic acids is 1. The molecule has 0 radical (unpaired) electrons. The van der Waals surface area contributed by atoms with Crippen molar-refractivity contribution in [3.8, 4) is 0 Å². The van der Waals surface area contributed by atoms with Gasteiger partial charge in [-0.2, -0.15) is 0 Å². The molecule has 1 unspecified atom stereocenters. The molecule has 2 heteroatoms. The number of rotatable bonds is 4. The van der Waals surface area contributed by atoms with Crippen molar-refractivity contribution in [2.24, 2.45) is 11.3 Å². The van der Waals surface area contributed by atoms with E-state index in [0.717, 1.165) is 13.0 Å². The van der Waals surface area contributed by atoms with Crippen molar-refractivity contribution in [1.82, 2.24) is 5.32 Å². The van der Waals surface area contributed by atoms with E-state index >= 15 is 0 Å². The fourth-order valence-corrected chi connectivity index (χ4v) is 1.28. The molecule has 0 aromatic rings. The van der Waals surface area contributed by atoms with Crippen molar-refractivity contribution in [3.63, 3.8) is 0 Å². The minimum Gasteiger partial charge on any atom is -0.319 e. The van der Waals surface area contributed by atoms with Gasteiger partial charge in [0.2, 0.25) is 0 Å². The van der Waals surface area contributed by atoms with E-state index in [0.29, 0.717) is 5.78 Å². The van der Waals surface area contributed by atoms with Crippen LogP contribution in [0, 0.1) is 11.3 Å². The van der Waals surface area contributed by atoms with Crippen LogP contribution < -0.4 is 5.32 Å². The predicted octanol–water partition coefficient (Wildman–Crippen LogP) is 1.85. The van der Waals surface area contributed by atoms with E-state index < -0.39 is 0 Å². The average molecular weight is 171 g/mol. The molecule has 0 aliphatic heterocycles. The van der Waals surface area contributed by atoms with Crippen LogP contribution in [0.3, 0.4) is 0 Å². The number of hydrogen-bond acceptors (Lipinski definition) is 2. The lowest BCUT2D eigenvalue weighted by atomic mass is 9.82. The molecule has 0 bridgehead atoms. The van der Waals surface area contributed by atoms with Gasteiger partial charge in [-0.3, -0.25) is 4.79 Å². The van der Waals surface area contributed by atoms with E-state index in [1.54, 1.807) is 0 Å². The summed E-state index contributed by atoms with van der Waals surface area (Å²) in [6.07, 6.45) is 0.928. The van der Waals surface area contributed by atoms with E-state index in [9.17, 15) is 4.79 Å². The zero-order valence-corrected chi connectivity index (χ0v) is 8.90. The van der Waals surface area contributed by atoms with Gasteiger partial charge in [-0.15, -0.1) is 0 Å². The molecular weight excluding hydrogens is 150 g/mol. The van der Waals surface area contributed by atoms with Gasteiger partial charge in [0.15, 0.2) is 0 Å². The highest BCUT2D eigenvalue weighted by atomic mass is 16.1. The largest absolute Gasteiger partial charge is 0.319 e. The summed E-state index contributed by atoms with van der Waals surface area (Å²) >= 11 is 0. The van der Waals surface area contributed by atoms with E-state index in [2.05, 4.69) is 12.2 Å². The summed E-state index contributed by atoms with van der Waals surface area (Å²) in [4.78, 5) is 11.7. The number of Topliss-reactive ketones (excluding diaryl/α,β-unsaturated/α-hetero) is 1. The van der Waals surface area contributed by atoms with Gasteiger partial charge in [-0.1, -0.05) is 27.7 Å². The Hall–Kier alpha value is -0.370. The maximum Gasteiger partial charge on any atom is 0.142 e. The Morgan fingerprint density at radius 3 is 2.17 bits per heavy atom. The SMILES string of the molecule is CCC(CNC)C(=O)C(C)(C)C. The van der Waals surface area contributed by atoms with Crippen LogP contribution in [0.4, 0.5) is 0 Å². The predicted molar refractivity (Wildman–Crippen MR) is 52.2 cm³/mol. The van der Waals surface area contributed by atoms with Crippen molar-refractivity contribution in [2.75, 3.05) is 13.6 Å². The van der Waals surface area contributed by atoms with Crippen LogP contribution in [-0.4, -0.2) is 19.4 Å². The van der Waals surface area contributed by atoms with E-state index in [4.69, 9.17) is 0 Å². The lowest BCUT2D eigenvalue weighted by Crippen LogP contribution is -2.33. The minimum absolute atomic E-state index is 0.176. The summed E-state index contributed by atoms with van der Waals surface area (Å²) < 4.78 is 0.